The number of pyridine rings is 1. The van der Waals surface area contributed by atoms with Crippen LogP contribution in [0.3, 0.4) is 0 Å². The van der Waals surface area contributed by atoms with Crippen LogP contribution < -0.4 is 10.6 Å². The minimum absolute atomic E-state index is 0.103. The molecule has 1 atom stereocenters. The van der Waals surface area contributed by atoms with Crippen molar-refractivity contribution in [2.45, 2.75) is 19.9 Å². The van der Waals surface area contributed by atoms with Gasteiger partial charge < -0.3 is 10.6 Å². The zero-order valence-corrected chi connectivity index (χ0v) is 9.85. The van der Waals surface area contributed by atoms with Crippen LogP contribution in [0.15, 0.2) is 12.1 Å². The third kappa shape index (κ3) is 3.13. The molecule has 0 aliphatic heterocycles. The number of anilines is 1. The van der Waals surface area contributed by atoms with Gasteiger partial charge in [0.15, 0.2) is 0 Å². The summed E-state index contributed by atoms with van der Waals surface area (Å²) in [5, 5.41) is 15.9. The lowest BCUT2D eigenvalue weighted by molar-refractivity contribution is -0.384. The van der Waals surface area contributed by atoms with Crippen molar-refractivity contribution in [3.05, 3.63) is 27.9 Å². The Balaban J connectivity index is 3.00. The van der Waals surface area contributed by atoms with Gasteiger partial charge in [0.05, 0.1) is 4.92 Å². The van der Waals surface area contributed by atoms with E-state index in [0.29, 0.717) is 5.69 Å². The topological polar surface area (TPSA) is 97.2 Å². The molecule has 0 aromatic carbocycles. The molecule has 7 nitrogen and oxygen atoms in total. The third-order valence-electron chi connectivity index (χ3n) is 2.20. The predicted octanol–water partition coefficient (Wildman–Crippen LogP) is 0.845. The van der Waals surface area contributed by atoms with Gasteiger partial charge >= 0.3 is 5.69 Å². The largest absolute Gasteiger partial charge is 0.357 e. The average Bonchev–Trinajstić information content (AvgIpc) is 2.27. The number of likely N-dealkylation sites (N-methyl/N-ethyl adjacent to an activating group) is 1. The molecule has 1 aromatic heterocycles. The first-order chi connectivity index (χ1) is 7.95. The van der Waals surface area contributed by atoms with Gasteiger partial charge in [-0.3, -0.25) is 14.9 Å². The van der Waals surface area contributed by atoms with E-state index >= 15 is 0 Å². The van der Waals surface area contributed by atoms with Crippen molar-refractivity contribution < 1.29 is 9.72 Å². The number of aromatic nitrogens is 1. The number of nitrogens with one attached hydrogen (secondary N) is 2. The standard InChI is InChI=1S/C10H14N4O3/c1-6-4-5-8(14(16)17)9(12-6)13-7(2)10(15)11-3/h4-5,7H,1-3H3,(H,11,15)(H,12,13). The molecule has 0 aliphatic carbocycles. The smallest absolute Gasteiger partial charge is 0.311 e. The summed E-state index contributed by atoms with van der Waals surface area (Å²) in [6.07, 6.45) is 0. The van der Waals surface area contributed by atoms with E-state index in [1.165, 1.54) is 13.1 Å². The Morgan fingerprint density at radius 2 is 2.18 bits per heavy atom. The van der Waals surface area contributed by atoms with E-state index in [2.05, 4.69) is 15.6 Å². The van der Waals surface area contributed by atoms with Crippen LogP contribution >= 0.6 is 0 Å². The molecular formula is C10H14N4O3. The Morgan fingerprint density at radius 1 is 1.53 bits per heavy atom. The zero-order chi connectivity index (χ0) is 13.0. The molecule has 1 unspecified atom stereocenters. The van der Waals surface area contributed by atoms with Crippen molar-refractivity contribution in [3.8, 4) is 0 Å². The number of nitro groups is 1. The third-order valence-corrected chi connectivity index (χ3v) is 2.20. The van der Waals surface area contributed by atoms with Gasteiger partial charge in [-0.2, -0.15) is 0 Å². The second-order valence-corrected chi connectivity index (χ2v) is 3.56. The molecule has 0 saturated carbocycles. The summed E-state index contributed by atoms with van der Waals surface area (Å²) in [4.78, 5) is 25.6. The molecule has 0 bridgehead atoms. The molecule has 1 aromatic rings. The second kappa shape index (κ2) is 5.24. The molecule has 2 N–H and O–H groups in total. The summed E-state index contributed by atoms with van der Waals surface area (Å²) >= 11 is 0. The van der Waals surface area contributed by atoms with Gasteiger partial charge in [0.2, 0.25) is 11.7 Å². The average molecular weight is 238 g/mol. The lowest BCUT2D eigenvalue weighted by Crippen LogP contribution is -2.35. The van der Waals surface area contributed by atoms with Gasteiger partial charge in [0.1, 0.15) is 6.04 Å². The van der Waals surface area contributed by atoms with Crippen LogP contribution in [0.2, 0.25) is 0 Å². The monoisotopic (exact) mass is 238 g/mol. The number of nitrogens with zero attached hydrogens (tertiary/aromatic N) is 2. The highest BCUT2D eigenvalue weighted by Gasteiger charge is 2.19. The van der Waals surface area contributed by atoms with Gasteiger partial charge in [-0.1, -0.05) is 0 Å². The van der Waals surface area contributed by atoms with E-state index in [1.807, 2.05) is 0 Å². The lowest BCUT2D eigenvalue weighted by Gasteiger charge is -2.13. The predicted molar refractivity (Wildman–Crippen MR) is 62.8 cm³/mol. The Hall–Kier alpha value is -2.18. The van der Waals surface area contributed by atoms with Gasteiger partial charge in [0.25, 0.3) is 0 Å². The fraction of sp³-hybridized carbons (Fsp3) is 0.400. The molecule has 0 fully saturated rings. The summed E-state index contributed by atoms with van der Waals surface area (Å²) in [6, 6.07) is 2.32. The van der Waals surface area contributed by atoms with Crippen LogP contribution in [0, 0.1) is 17.0 Å². The lowest BCUT2D eigenvalue weighted by atomic mass is 10.3. The van der Waals surface area contributed by atoms with Crippen LogP contribution in [-0.4, -0.2) is 28.9 Å². The van der Waals surface area contributed by atoms with Gasteiger partial charge in [0, 0.05) is 18.8 Å². The van der Waals surface area contributed by atoms with E-state index in [4.69, 9.17) is 0 Å². The zero-order valence-electron chi connectivity index (χ0n) is 9.85. The van der Waals surface area contributed by atoms with Crippen LogP contribution in [0.5, 0.6) is 0 Å². The molecule has 7 heteroatoms. The Labute approximate surface area is 98.4 Å². The van der Waals surface area contributed by atoms with Crippen molar-refractivity contribution in [1.82, 2.24) is 10.3 Å². The van der Waals surface area contributed by atoms with Gasteiger partial charge in [-0.15, -0.1) is 0 Å². The molecule has 0 aliphatic rings. The summed E-state index contributed by atoms with van der Waals surface area (Å²) in [5.41, 5.74) is 0.494. The van der Waals surface area contributed by atoms with Gasteiger partial charge in [-0.05, 0) is 19.9 Å². The van der Waals surface area contributed by atoms with E-state index < -0.39 is 11.0 Å². The highest BCUT2D eigenvalue weighted by Crippen LogP contribution is 2.22. The maximum atomic E-state index is 11.3. The SMILES string of the molecule is CNC(=O)C(C)Nc1nc(C)ccc1[N+](=O)[O-]. The van der Waals surface area contributed by atoms with E-state index in [9.17, 15) is 14.9 Å². The van der Waals surface area contributed by atoms with Crippen LogP contribution in [0.1, 0.15) is 12.6 Å². The number of carbonyl (C=O) groups is 1. The molecule has 1 heterocycles. The molecule has 0 spiro atoms. The molecule has 0 saturated heterocycles. The van der Waals surface area contributed by atoms with Crippen LogP contribution in [0.25, 0.3) is 0 Å². The van der Waals surface area contributed by atoms with Crippen molar-refractivity contribution in [1.29, 1.82) is 0 Å². The minimum Gasteiger partial charge on any atom is -0.357 e. The minimum atomic E-state index is -0.590. The first-order valence-corrected chi connectivity index (χ1v) is 5.06. The van der Waals surface area contributed by atoms with E-state index in [1.54, 1.807) is 19.9 Å². The summed E-state index contributed by atoms with van der Waals surface area (Å²) in [5.74, 6) is -0.159. The second-order valence-electron chi connectivity index (χ2n) is 3.56. The molecule has 92 valence electrons. The summed E-state index contributed by atoms with van der Waals surface area (Å²) in [7, 11) is 1.50. The van der Waals surface area contributed by atoms with E-state index in [0.717, 1.165) is 0 Å². The van der Waals surface area contributed by atoms with Crippen molar-refractivity contribution in [2.75, 3.05) is 12.4 Å². The van der Waals surface area contributed by atoms with Crippen LogP contribution in [0.4, 0.5) is 11.5 Å². The molecule has 0 radical (unpaired) electrons. The molecular weight excluding hydrogens is 224 g/mol. The van der Waals surface area contributed by atoms with Crippen LogP contribution in [-0.2, 0) is 4.79 Å². The quantitative estimate of drug-likeness (QED) is 0.598. The molecule has 17 heavy (non-hydrogen) atoms. The van der Waals surface area contributed by atoms with Crippen molar-refractivity contribution >= 4 is 17.4 Å². The van der Waals surface area contributed by atoms with E-state index in [-0.39, 0.29) is 17.4 Å². The first-order valence-electron chi connectivity index (χ1n) is 5.06. The number of hydrogen-bond donors (Lipinski definition) is 2. The Morgan fingerprint density at radius 3 is 2.71 bits per heavy atom. The number of hydrogen-bond acceptors (Lipinski definition) is 5. The number of rotatable bonds is 4. The van der Waals surface area contributed by atoms with Crippen molar-refractivity contribution in [3.63, 3.8) is 0 Å². The normalized spacial score (nSPS) is 11.7. The number of aryl methyl sites for hydroxylation is 1. The van der Waals surface area contributed by atoms with Crippen molar-refractivity contribution in [2.24, 2.45) is 0 Å². The Kier molecular flexibility index (Phi) is 3.97. The first kappa shape index (κ1) is 12.9. The highest BCUT2D eigenvalue weighted by atomic mass is 16.6. The highest BCUT2D eigenvalue weighted by molar-refractivity contribution is 5.84. The molecule has 1 amide bonds. The number of amides is 1. The Bertz CT molecular complexity index is 447. The fourth-order valence-electron chi connectivity index (χ4n) is 1.29. The summed E-state index contributed by atoms with van der Waals surface area (Å²) < 4.78 is 0. The maximum absolute atomic E-state index is 11.3. The van der Waals surface area contributed by atoms with Gasteiger partial charge in [-0.25, -0.2) is 4.98 Å². The maximum Gasteiger partial charge on any atom is 0.311 e. The fourth-order valence-corrected chi connectivity index (χ4v) is 1.29. The molecule has 1 rings (SSSR count). The summed E-state index contributed by atoms with van der Waals surface area (Å²) in [6.45, 7) is 3.33. The number of carbonyl (C=O) groups excluding carboxylic acids is 1.